The fourth-order valence-corrected chi connectivity index (χ4v) is 5.41. The summed E-state index contributed by atoms with van der Waals surface area (Å²) in [6, 6.07) is 5.59. The molecular formula is C24H27Cl2F3N2O2S. The van der Waals surface area contributed by atoms with Gasteiger partial charge in [0.25, 0.3) is 5.91 Å². The minimum atomic E-state index is -4.63. The maximum Gasteiger partial charge on any atom is 0.416 e. The molecule has 1 amide bonds. The van der Waals surface area contributed by atoms with Gasteiger partial charge in [0.1, 0.15) is 5.75 Å². The molecule has 10 heteroatoms. The van der Waals surface area contributed by atoms with Gasteiger partial charge in [-0.3, -0.25) is 9.69 Å². The molecule has 34 heavy (non-hydrogen) atoms. The van der Waals surface area contributed by atoms with Crippen molar-refractivity contribution in [2.45, 2.75) is 50.3 Å². The molecule has 0 aliphatic carbocycles. The Morgan fingerprint density at radius 3 is 2.47 bits per heavy atom. The van der Waals surface area contributed by atoms with Gasteiger partial charge < -0.3 is 10.1 Å². The monoisotopic (exact) mass is 534 g/mol. The molecule has 0 radical (unpaired) electrons. The van der Waals surface area contributed by atoms with Crippen molar-refractivity contribution < 1.29 is 22.7 Å². The van der Waals surface area contributed by atoms with Crippen LogP contribution in [0.2, 0.25) is 10.0 Å². The standard InChI is InChI=1S/C24H27Cl2F3N2O2S/c1-3-34-22-16(9-17(25)12-21(22)33-2)13-30-23(32)15-10-19(24(27,28)29)18(20(26)11-15)14-31-7-5-4-6-8-31/h9-12H,3-8,13-14H2,1-2H3,(H,30,32). The lowest BCUT2D eigenvalue weighted by molar-refractivity contribution is -0.138. The lowest BCUT2D eigenvalue weighted by Gasteiger charge is -2.28. The molecule has 1 heterocycles. The first-order valence-corrected chi connectivity index (χ1v) is 12.8. The van der Waals surface area contributed by atoms with Gasteiger partial charge in [-0.05, 0) is 67.1 Å². The number of piperidine rings is 1. The zero-order valence-corrected chi connectivity index (χ0v) is 21.4. The fraction of sp³-hybridized carbons (Fsp3) is 0.458. The smallest absolute Gasteiger partial charge is 0.416 e. The molecule has 0 atom stereocenters. The third kappa shape index (κ3) is 6.74. The van der Waals surface area contributed by atoms with Crippen molar-refractivity contribution in [2.75, 3.05) is 26.0 Å². The van der Waals surface area contributed by atoms with Crippen LogP contribution in [0.15, 0.2) is 29.2 Å². The average Bonchev–Trinajstić information content (AvgIpc) is 2.79. The number of methoxy groups -OCH3 is 1. The molecule has 1 saturated heterocycles. The third-order valence-corrected chi connectivity index (χ3v) is 7.23. The summed E-state index contributed by atoms with van der Waals surface area (Å²) < 4.78 is 47.1. The number of ether oxygens (including phenoxy) is 1. The minimum Gasteiger partial charge on any atom is -0.496 e. The highest BCUT2D eigenvalue weighted by Gasteiger charge is 2.36. The first-order chi connectivity index (χ1) is 16.1. The van der Waals surface area contributed by atoms with Gasteiger partial charge in [-0.1, -0.05) is 36.5 Å². The first kappa shape index (κ1) is 27.0. The molecule has 1 aliphatic heterocycles. The molecule has 1 N–H and O–H groups in total. The summed E-state index contributed by atoms with van der Waals surface area (Å²) in [4.78, 5) is 15.6. The number of likely N-dealkylation sites (tertiary alicyclic amines) is 1. The van der Waals surface area contributed by atoms with Crippen molar-refractivity contribution in [3.63, 3.8) is 0 Å². The normalized spacial score (nSPS) is 14.8. The number of nitrogens with zero attached hydrogens (tertiary/aromatic N) is 1. The van der Waals surface area contributed by atoms with Crippen LogP contribution in [0.25, 0.3) is 0 Å². The second-order valence-corrected chi connectivity index (χ2v) is 10.1. The predicted octanol–water partition coefficient (Wildman–Crippen LogP) is 7.05. The van der Waals surface area contributed by atoms with Gasteiger partial charge in [0.2, 0.25) is 0 Å². The third-order valence-electron chi connectivity index (χ3n) is 5.64. The highest BCUT2D eigenvalue weighted by Crippen LogP contribution is 2.38. The maximum atomic E-state index is 13.9. The van der Waals surface area contributed by atoms with E-state index in [1.54, 1.807) is 12.1 Å². The largest absolute Gasteiger partial charge is 0.496 e. The van der Waals surface area contributed by atoms with Crippen molar-refractivity contribution >= 4 is 40.9 Å². The Morgan fingerprint density at radius 1 is 1.15 bits per heavy atom. The number of hydrogen-bond donors (Lipinski definition) is 1. The number of amides is 1. The van der Waals surface area contributed by atoms with Crippen LogP contribution in [0.3, 0.4) is 0 Å². The highest BCUT2D eigenvalue weighted by molar-refractivity contribution is 7.99. The van der Waals surface area contributed by atoms with Crippen molar-refractivity contribution in [1.29, 1.82) is 0 Å². The molecular weight excluding hydrogens is 508 g/mol. The molecule has 0 saturated carbocycles. The van der Waals surface area contributed by atoms with Crippen LogP contribution in [0.4, 0.5) is 13.2 Å². The van der Waals surface area contributed by atoms with E-state index in [0.717, 1.165) is 49.1 Å². The molecule has 0 bridgehead atoms. The summed E-state index contributed by atoms with van der Waals surface area (Å²) >= 11 is 14.0. The summed E-state index contributed by atoms with van der Waals surface area (Å²) in [5, 5.41) is 3.07. The molecule has 2 aromatic carbocycles. The minimum absolute atomic E-state index is 0.00817. The topological polar surface area (TPSA) is 41.6 Å². The van der Waals surface area contributed by atoms with E-state index in [1.165, 1.54) is 24.9 Å². The quantitative estimate of drug-likeness (QED) is 0.368. The van der Waals surface area contributed by atoms with Crippen LogP contribution in [-0.4, -0.2) is 36.8 Å². The van der Waals surface area contributed by atoms with Crippen LogP contribution in [0, 0.1) is 0 Å². The van der Waals surface area contributed by atoms with Crippen molar-refractivity contribution in [2.24, 2.45) is 0 Å². The Morgan fingerprint density at radius 2 is 1.85 bits per heavy atom. The molecule has 3 rings (SSSR count). The van der Waals surface area contributed by atoms with Crippen molar-refractivity contribution in [3.8, 4) is 5.75 Å². The lowest BCUT2D eigenvalue weighted by atomic mass is 10.0. The van der Waals surface area contributed by atoms with E-state index in [1.807, 2.05) is 11.8 Å². The number of benzene rings is 2. The van der Waals surface area contributed by atoms with E-state index in [0.29, 0.717) is 16.3 Å². The number of carbonyl (C=O) groups excluding carboxylic acids is 1. The molecule has 2 aromatic rings. The molecule has 4 nitrogen and oxygen atoms in total. The molecule has 186 valence electrons. The van der Waals surface area contributed by atoms with Crippen LogP contribution in [0.1, 0.15) is 53.2 Å². The van der Waals surface area contributed by atoms with Gasteiger partial charge in [0.05, 0.1) is 17.6 Å². The number of rotatable bonds is 8. The van der Waals surface area contributed by atoms with Crippen LogP contribution >= 0.6 is 35.0 Å². The van der Waals surface area contributed by atoms with Crippen LogP contribution in [-0.2, 0) is 19.3 Å². The van der Waals surface area contributed by atoms with Crippen molar-refractivity contribution in [1.82, 2.24) is 10.2 Å². The summed E-state index contributed by atoms with van der Waals surface area (Å²) in [7, 11) is 1.53. The fourth-order valence-electron chi connectivity index (χ4n) is 4.01. The Bertz CT molecular complexity index is 1030. The average molecular weight is 535 g/mol. The predicted molar refractivity (Wildman–Crippen MR) is 131 cm³/mol. The van der Waals surface area contributed by atoms with Crippen molar-refractivity contribution in [3.05, 3.63) is 56.6 Å². The van der Waals surface area contributed by atoms with E-state index in [4.69, 9.17) is 27.9 Å². The summed E-state index contributed by atoms with van der Waals surface area (Å²) in [5.41, 5.74) is -0.289. The van der Waals surface area contributed by atoms with E-state index >= 15 is 0 Å². The van der Waals surface area contributed by atoms with Gasteiger partial charge >= 0.3 is 6.18 Å². The van der Waals surface area contributed by atoms with E-state index in [2.05, 4.69) is 5.32 Å². The van der Waals surface area contributed by atoms with Gasteiger partial charge in [0, 0.05) is 28.7 Å². The number of alkyl halides is 3. The van der Waals surface area contributed by atoms with Gasteiger partial charge in [-0.2, -0.15) is 13.2 Å². The summed E-state index contributed by atoms with van der Waals surface area (Å²) in [6.07, 6.45) is -1.65. The molecule has 0 unspecified atom stereocenters. The van der Waals surface area contributed by atoms with E-state index in [-0.39, 0.29) is 29.2 Å². The zero-order chi connectivity index (χ0) is 24.9. The maximum absolute atomic E-state index is 13.9. The second-order valence-electron chi connectivity index (χ2n) is 8.03. The zero-order valence-electron chi connectivity index (χ0n) is 19.0. The SMILES string of the molecule is CCSc1c(CNC(=O)c2cc(Cl)c(CN3CCCCC3)c(C(F)(F)F)c2)cc(Cl)cc1OC. The van der Waals surface area contributed by atoms with E-state index < -0.39 is 17.6 Å². The second kappa shape index (κ2) is 11.9. The molecule has 1 fully saturated rings. The van der Waals surface area contributed by atoms with Crippen LogP contribution in [0.5, 0.6) is 5.75 Å². The van der Waals surface area contributed by atoms with Gasteiger partial charge in [0.15, 0.2) is 0 Å². The van der Waals surface area contributed by atoms with Gasteiger partial charge in [-0.25, -0.2) is 0 Å². The number of halogens is 5. The Kier molecular flexibility index (Phi) is 9.43. The summed E-state index contributed by atoms with van der Waals surface area (Å²) in [6.45, 7) is 3.63. The number of hydrogen-bond acceptors (Lipinski definition) is 4. The molecule has 1 aliphatic rings. The number of thioether (sulfide) groups is 1. The highest BCUT2D eigenvalue weighted by atomic mass is 35.5. The Labute approximate surface area is 212 Å². The summed E-state index contributed by atoms with van der Waals surface area (Å²) in [5.74, 6) is 0.693. The first-order valence-electron chi connectivity index (χ1n) is 11.0. The molecule has 0 spiro atoms. The lowest BCUT2D eigenvalue weighted by Crippen LogP contribution is -2.30. The molecule has 0 aromatic heterocycles. The number of nitrogens with one attached hydrogen (secondary N) is 1. The Balaban J connectivity index is 1.85. The van der Waals surface area contributed by atoms with Gasteiger partial charge in [-0.15, -0.1) is 11.8 Å². The van der Waals surface area contributed by atoms with E-state index in [9.17, 15) is 18.0 Å². The van der Waals surface area contributed by atoms with Crippen LogP contribution < -0.4 is 10.1 Å². The number of carbonyl (C=O) groups is 1. The Hall–Kier alpha value is -1.61.